The summed E-state index contributed by atoms with van der Waals surface area (Å²) < 4.78 is 2.40. The standard InChI is InChI=1S/C46H29N3/c1-2-11-30-27-43-40(26-29(30)10-1)34-14-6-8-19-42(34)49(43)31-22-20-28(21-23-31)46-47-41-18-7-5-15-39(41)45(48-46)38-25-24-37-33-13-4-3-12-32(33)35-16-9-17-36(38)44(35)37/h2-9,11-27H,1,10H2. The molecule has 49 heavy (non-hydrogen) atoms. The predicted octanol–water partition coefficient (Wildman–Crippen LogP) is 11.8. The molecular formula is C46H29N3. The summed E-state index contributed by atoms with van der Waals surface area (Å²) in [5, 5.41) is 6.18. The Morgan fingerprint density at radius 2 is 1.22 bits per heavy atom. The smallest absolute Gasteiger partial charge is 0.160 e. The van der Waals surface area contributed by atoms with Gasteiger partial charge in [-0.25, -0.2) is 9.97 Å². The first-order valence-electron chi connectivity index (χ1n) is 17.1. The van der Waals surface area contributed by atoms with Gasteiger partial charge in [-0.1, -0.05) is 103 Å². The van der Waals surface area contributed by atoms with Crippen LogP contribution in [-0.2, 0) is 6.42 Å². The van der Waals surface area contributed by atoms with Crippen molar-refractivity contribution in [3.8, 4) is 50.6 Å². The number of nitrogens with zero attached hydrogens (tertiary/aromatic N) is 3. The molecule has 9 aromatic rings. The second-order valence-electron chi connectivity index (χ2n) is 13.3. The molecule has 2 aromatic heterocycles. The van der Waals surface area contributed by atoms with Crippen molar-refractivity contribution in [3.05, 3.63) is 157 Å². The number of aromatic nitrogens is 3. The van der Waals surface area contributed by atoms with E-state index in [1.165, 1.54) is 66.0 Å². The van der Waals surface area contributed by atoms with Crippen molar-refractivity contribution in [2.45, 2.75) is 12.8 Å². The Bertz CT molecular complexity index is 2840. The van der Waals surface area contributed by atoms with Crippen LogP contribution in [0.25, 0.3) is 100 Å². The van der Waals surface area contributed by atoms with E-state index < -0.39 is 0 Å². The lowest BCUT2D eigenvalue weighted by Crippen LogP contribution is -1.98. The summed E-state index contributed by atoms with van der Waals surface area (Å²) in [6, 6.07) is 50.6. The van der Waals surface area contributed by atoms with Crippen molar-refractivity contribution in [2.24, 2.45) is 0 Å². The van der Waals surface area contributed by atoms with Crippen molar-refractivity contribution in [2.75, 3.05) is 0 Å². The summed E-state index contributed by atoms with van der Waals surface area (Å²) in [5.74, 6) is 0.730. The Morgan fingerprint density at radius 1 is 0.510 bits per heavy atom. The van der Waals surface area contributed by atoms with Gasteiger partial charge >= 0.3 is 0 Å². The lowest BCUT2D eigenvalue weighted by atomic mass is 9.95. The molecule has 0 amide bonds. The Balaban J connectivity index is 1.08. The van der Waals surface area contributed by atoms with Gasteiger partial charge in [0.25, 0.3) is 0 Å². The highest BCUT2D eigenvalue weighted by Crippen LogP contribution is 2.49. The molecule has 0 saturated heterocycles. The fourth-order valence-corrected chi connectivity index (χ4v) is 8.36. The van der Waals surface area contributed by atoms with Gasteiger partial charge in [0, 0.05) is 33.0 Å². The lowest BCUT2D eigenvalue weighted by molar-refractivity contribution is 0.988. The molecule has 0 saturated carbocycles. The van der Waals surface area contributed by atoms with Gasteiger partial charge in [-0.3, -0.25) is 0 Å². The molecule has 0 atom stereocenters. The van der Waals surface area contributed by atoms with Crippen molar-refractivity contribution in [3.63, 3.8) is 0 Å². The van der Waals surface area contributed by atoms with Gasteiger partial charge in [0.05, 0.1) is 22.2 Å². The molecule has 0 radical (unpaired) electrons. The zero-order valence-corrected chi connectivity index (χ0v) is 26.7. The lowest BCUT2D eigenvalue weighted by Gasteiger charge is -2.14. The van der Waals surface area contributed by atoms with Gasteiger partial charge in [0.2, 0.25) is 0 Å². The van der Waals surface area contributed by atoms with Crippen molar-refractivity contribution in [1.29, 1.82) is 0 Å². The van der Waals surface area contributed by atoms with Crippen LogP contribution in [0, 0.1) is 0 Å². The molecule has 3 heteroatoms. The van der Waals surface area contributed by atoms with E-state index in [2.05, 4.69) is 156 Å². The number of para-hydroxylation sites is 2. The van der Waals surface area contributed by atoms with Crippen LogP contribution in [0.1, 0.15) is 17.5 Å². The third-order valence-corrected chi connectivity index (χ3v) is 10.6. The highest BCUT2D eigenvalue weighted by atomic mass is 15.0. The average Bonchev–Trinajstić information content (AvgIpc) is 3.67. The van der Waals surface area contributed by atoms with Gasteiger partial charge in [-0.05, 0) is 106 Å². The first kappa shape index (κ1) is 26.7. The topological polar surface area (TPSA) is 30.7 Å². The zero-order chi connectivity index (χ0) is 32.1. The fraction of sp³-hybridized carbons (Fsp3) is 0.0435. The van der Waals surface area contributed by atoms with Gasteiger partial charge in [-0.2, -0.15) is 0 Å². The summed E-state index contributed by atoms with van der Waals surface area (Å²) in [7, 11) is 0. The zero-order valence-electron chi connectivity index (χ0n) is 26.7. The van der Waals surface area contributed by atoms with Gasteiger partial charge in [-0.15, -0.1) is 0 Å². The molecular weight excluding hydrogens is 595 g/mol. The highest BCUT2D eigenvalue weighted by molar-refractivity contribution is 6.19. The van der Waals surface area contributed by atoms with E-state index in [1.807, 2.05) is 0 Å². The van der Waals surface area contributed by atoms with E-state index >= 15 is 0 Å². The van der Waals surface area contributed by atoms with E-state index in [9.17, 15) is 0 Å². The Kier molecular flexibility index (Phi) is 5.50. The molecule has 228 valence electrons. The van der Waals surface area contributed by atoms with E-state index in [4.69, 9.17) is 9.97 Å². The summed E-state index contributed by atoms with van der Waals surface area (Å²) in [5.41, 5.74) is 15.6. The average molecular weight is 624 g/mol. The van der Waals surface area contributed by atoms with Gasteiger partial charge in [0.1, 0.15) is 0 Å². The van der Waals surface area contributed by atoms with Crippen molar-refractivity contribution >= 4 is 49.6 Å². The van der Waals surface area contributed by atoms with E-state index in [-0.39, 0.29) is 0 Å². The number of hydrogen-bond donors (Lipinski definition) is 0. The molecule has 0 aliphatic heterocycles. The maximum absolute atomic E-state index is 5.34. The SMILES string of the molecule is C1=Cc2cc3c(cc2CC1)c1ccccc1n3-c1ccc(-c2nc(-c3ccc4c5c(cccc35)-c3ccccc3-4)c3ccccc3n2)cc1. The minimum absolute atomic E-state index is 0.730. The normalized spacial score (nSPS) is 13.1. The van der Waals surface area contributed by atoms with Crippen LogP contribution >= 0.6 is 0 Å². The Hall–Kier alpha value is -6.32. The quantitative estimate of drug-likeness (QED) is 0.196. The van der Waals surface area contributed by atoms with Crippen molar-refractivity contribution in [1.82, 2.24) is 14.5 Å². The molecule has 3 nitrogen and oxygen atoms in total. The summed E-state index contributed by atoms with van der Waals surface area (Å²) in [6.45, 7) is 0. The molecule has 7 aromatic carbocycles. The third-order valence-electron chi connectivity index (χ3n) is 10.6. The highest BCUT2D eigenvalue weighted by Gasteiger charge is 2.24. The van der Waals surface area contributed by atoms with Crippen LogP contribution in [-0.4, -0.2) is 14.5 Å². The molecule has 0 N–H and O–H groups in total. The van der Waals surface area contributed by atoms with Gasteiger partial charge in [0.15, 0.2) is 5.82 Å². The van der Waals surface area contributed by atoms with E-state index in [1.54, 1.807) is 0 Å². The summed E-state index contributed by atoms with van der Waals surface area (Å²) >= 11 is 0. The van der Waals surface area contributed by atoms with Crippen LogP contribution in [0.5, 0.6) is 0 Å². The summed E-state index contributed by atoms with van der Waals surface area (Å²) in [6.07, 6.45) is 6.77. The largest absolute Gasteiger partial charge is 0.309 e. The molecule has 0 bridgehead atoms. The molecule has 0 unspecified atom stereocenters. The fourth-order valence-electron chi connectivity index (χ4n) is 8.36. The number of benzene rings is 7. The second-order valence-corrected chi connectivity index (χ2v) is 13.3. The minimum Gasteiger partial charge on any atom is -0.309 e. The van der Waals surface area contributed by atoms with Crippen LogP contribution in [0.3, 0.4) is 0 Å². The number of allylic oxidation sites excluding steroid dienone is 1. The van der Waals surface area contributed by atoms with Crippen molar-refractivity contribution < 1.29 is 0 Å². The van der Waals surface area contributed by atoms with E-state index in [0.717, 1.165) is 52.1 Å². The van der Waals surface area contributed by atoms with Crippen LogP contribution in [0.15, 0.2) is 146 Å². The molecule has 0 spiro atoms. The van der Waals surface area contributed by atoms with Crippen LogP contribution < -0.4 is 0 Å². The van der Waals surface area contributed by atoms with Gasteiger partial charge < -0.3 is 4.57 Å². The molecule has 2 heterocycles. The van der Waals surface area contributed by atoms with Crippen LogP contribution in [0.4, 0.5) is 0 Å². The number of rotatable bonds is 3. The predicted molar refractivity (Wildman–Crippen MR) is 204 cm³/mol. The third kappa shape index (κ3) is 3.84. The molecule has 11 rings (SSSR count). The maximum atomic E-state index is 5.34. The summed E-state index contributed by atoms with van der Waals surface area (Å²) in [4.78, 5) is 10.4. The first-order chi connectivity index (χ1) is 24.3. The molecule has 2 aliphatic rings. The monoisotopic (exact) mass is 623 g/mol. The Labute approximate surface area is 283 Å². The molecule has 2 aliphatic carbocycles. The number of fused-ring (bicyclic) bond motifs is 8. The minimum atomic E-state index is 0.730. The second kappa shape index (κ2) is 10.1. The molecule has 0 fully saturated rings. The first-order valence-corrected chi connectivity index (χ1v) is 17.1. The van der Waals surface area contributed by atoms with Crippen LogP contribution in [0.2, 0.25) is 0 Å². The maximum Gasteiger partial charge on any atom is 0.160 e. The Morgan fingerprint density at radius 3 is 2.10 bits per heavy atom. The number of hydrogen-bond acceptors (Lipinski definition) is 2. The van der Waals surface area contributed by atoms with E-state index in [0.29, 0.717) is 0 Å². The number of aryl methyl sites for hydroxylation is 1.